The van der Waals surface area contributed by atoms with Gasteiger partial charge in [0.05, 0.1) is 27.7 Å². The van der Waals surface area contributed by atoms with Crippen molar-refractivity contribution in [2.24, 2.45) is 5.10 Å². The lowest BCUT2D eigenvalue weighted by molar-refractivity contribution is 0.498. The van der Waals surface area contributed by atoms with Crippen LogP contribution in [0.3, 0.4) is 0 Å². The first-order valence-corrected chi connectivity index (χ1v) is 7.32. The Kier molecular flexibility index (Phi) is 3.92. The fourth-order valence-corrected chi connectivity index (χ4v) is 3.13. The van der Waals surface area contributed by atoms with E-state index >= 15 is 0 Å². The number of fused-ring (bicyclic) bond motifs is 1. The molecule has 0 unspecified atom stereocenters. The van der Waals surface area contributed by atoms with Crippen LogP contribution in [0.4, 0.5) is 5.69 Å². The molecular weight excluding hydrogens is 319 g/mol. The lowest BCUT2D eigenvalue weighted by atomic mass is 9.97. The number of rotatable bonds is 2. The molecule has 1 N–H and O–H groups in total. The summed E-state index contributed by atoms with van der Waals surface area (Å²) in [7, 11) is 0. The van der Waals surface area contributed by atoms with Gasteiger partial charge in [0.15, 0.2) is 0 Å². The van der Waals surface area contributed by atoms with Crippen LogP contribution in [0.25, 0.3) is 0 Å². The van der Waals surface area contributed by atoms with Crippen molar-refractivity contribution < 1.29 is 4.42 Å². The van der Waals surface area contributed by atoms with E-state index in [1.807, 2.05) is 6.07 Å². The molecule has 0 saturated carbocycles. The number of anilines is 1. The number of aryl methyl sites for hydroxylation is 1. The molecule has 0 amide bonds. The van der Waals surface area contributed by atoms with Gasteiger partial charge in [0.25, 0.3) is 0 Å². The molecule has 1 aliphatic rings. The molecule has 1 aromatic heterocycles. The van der Waals surface area contributed by atoms with E-state index in [1.165, 1.54) is 0 Å². The zero-order valence-corrected chi connectivity index (χ0v) is 12.7. The molecule has 3 nitrogen and oxygen atoms in total. The third-order valence-electron chi connectivity index (χ3n) is 3.18. The van der Waals surface area contributed by atoms with Gasteiger partial charge in [0.1, 0.15) is 5.76 Å². The Bertz CT molecular complexity index is 656. The zero-order valence-electron chi connectivity index (χ0n) is 10.4. The second kappa shape index (κ2) is 5.68. The van der Waals surface area contributed by atoms with E-state index < -0.39 is 0 Å². The van der Waals surface area contributed by atoms with E-state index in [0.717, 1.165) is 36.3 Å². The number of furan rings is 1. The van der Waals surface area contributed by atoms with Crippen molar-refractivity contribution in [3.05, 3.63) is 50.9 Å². The maximum Gasteiger partial charge on any atom is 0.112 e. The first-order valence-electron chi connectivity index (χ1n) is 6.19. The van der Waals surface area contributed by atoms with Crippen LogP contribution in [-0.4, -0.2) is 5.71 Å². The van der Waals surface area contributed by atoms with Gasteiger partial charge in [-0.15, -0.1) is 0 Å². The van der Waals surface area contributed by atoms with Crippen LogP contribution in [0, 0.1) is 0 Å². The maximum atomic E-state index is 6.11. The summed E-state index contributed by atoms with van der Waals surface area (Å²) in [6, 6.07) is 5.18. The molecule has 1 aliphatic carbocycles. The molecule has 1 heterocycles. The summed E-state index contributed by atoms with van der Waals surface area (Å²) in [6.45, 7) is 0. The first-order chi connectivity index (χ1) is 9.65. The Labute approximate surface area is 131 Å². The molecule has 0 bridgehead atoms. The predicted octanol–water partition coefficient (Wildman–Crippen LogP) is 5.39. The van der Waals surface area contributed by atoms with Crippen molar-refractivity contribution in [3.8, 4) is 0 Å². The van der Waals surface area contributed by atoms with E-state index in [-0.39, 0.29) is 0 Å². The fourth-order valence-electron chi connectivity index (χ4n) is 2.23. The smallest absolute Gasteiger partial charge is 0.112 e. The first kappa shape index (κ1) is 13.8. The van der Waals surface area contributed by atoms with Crippen LogP contribution in [0.1, 0.15) is 24.2 Å². The Morgan fingerprint density at radius 3 is 2.60 bits per heavy atom. The van der Waals surface area contributed by atoms with Gasteiger partial charge >= 0.3 is 0 Å². The molecular formula is C14H11Cl3N2O. The van der Waals surface area contributed by atoms with Crippen LogP contribution >= 0.6 is 34.8 Å². The fraction of sp³-hybridized carbons (Fsp3) is 0.214. The summed E-state index contributed by atoms with van der Waals surface area (Å²) in [5.74, 6) is 0.977. The summed E-state index contributed by atoms with van der Waals surface area (Å²) in [4.78, 5) is 0. The lowest BCUT2D eigenvalue weighted by Gasteiger charge is -2.13. The minimum Gasteiger partial charge on any atom is -0.469 e. The van der Waals surface area contributed by atoms with Crippen molar-refractivity contribution in [1.29, 1.82) is 0 Å². The molecule has 104 valence electrons. The number of hydrazone groups is 1. The molecule has 0 radical (unpaired) electrons. The Balaban J connectivity index is 1.89. The average Bonchev–Trinajstić information content (AvgIpc) is 2.86. The molecule has 6 heteroatoms. The molecule has 0 aliphatic heterocycles. The van der Waals surface area contributed by atoms with E-state index in [9.17, 15) is 0 Å². The third kappa shape index (κ3) is 2.66. The number of nitrogens with one attached hydrogen (secondary N) is 1. The number of hydrogen-bond donors (Lipinski definition) is 1. The molecule has 0 fully saturated rings. The second-order valence-electron chi connectivity index (χ2n) is 4.53. The maximum absolute atomic E-state index is 6.11. The van der Waals surface area contributed by atoms with E-state index in [1.54, 1.807) is 18.4 Å². The normalized spacial score (nSPS) is 16.2. The number of benzene rings is 1. The van der Waals surface area contributed by atoms with E-state index in [2.05, 4.69) is 10.5 Å². The largest absolute Gasteiger partial charge is 0.469 e. The molecule has 0 saturated heterocycles. The number of halogens is 3. The van der Waals surface area contributed by atoms with Gasteiger partial charge in [0, 0.05) is 17.0 Å². The van der Waals surface area contributed by atoms with Crippen molar-refractivity contribution in [1.82, 2.24) is 0 Å². The highest BCUT2D eigenvalue weighted by Gasteiger charge is 2.18. The summed E-state index contributed by atoms with van der Waals surface area (Å²) >= 11 is 18.1. The van der Waals surface area contributed by atoms with Crippen LogP contribution in [0.5, 0.6) is 0 Å². The van der Waals surface area contributed by atoms with Gasteiger partial charge in [-0.3, -0.25) is 5.43 Å². The topological polar surface area (TPSA) is 37.5 Å². The van der Waals surface area contributed by atoms with Crippen molar-refractivity contribution >= 4 is 46.2 Å². The molecule has 2 aromatic rings. The lowest BCUT2D eigenvalue weighted by Crippen LogP contribution is -2.11. The summed E-state index contributed by atoms with van der Waals surface area (Å²) in [6.07, 6.45) is 4.54. The molecule has 0 atom stereocenters. The van der Waals surface area contributed by atoms with Gasteiger partial charge < -0.3 is 4.42 Å². The number of nitrogens with zero attached hydrogens (tertiary/aromatic N) is 1. The van der Waals surface area contributed by atoms with Gasteiger partial charge in [-0.1, -0.05) is 34.8 Å². The number of hydrogen-bond acceptors (Lipinski definition) is 3. The third-order valence-corrected chi connectivity index (χ3v) is 4.00. The van der Waals surface area contributed by atoms with E-state index in [0.29, 0.717) is 20.8 Å². The van der Waals surface area contributed by atoms with Crippen molar-refractivity contribution in [2.75, 3.05) is 5.43 Å². The Morgan fingerprint density at radius 1 is 1.10 bits per heavy atom. The zero-order chi connectivity index (χ0) is 14.1. The van der Waals surface area contributed by atoms with Crippen LogP contribution in [0.15, 0.2) is 34.0 Å². The molecule has 3 rings (SSSR count). The Hall–Kier alpha value is -1.16. The average molecular weight is 330 g/mol. The highest BCUT2D eigenvalue weighted by molar-refractivity contribution is 6.41. The van der Waals surface area contributed by atoms with Crippen molar-refractivity contribution in [2.45, 2.75) is 19.3 Å². The van der Waals surface area contributed by atoms with Gasteiger partial charge in [0.2, 0.25) is 0 Å². The van der Waals surface area contributed by atoms with Crippen molar-refractivity contribution in [3.63, 3.8) is 0 Å². The predicted molar refractivity (Wildman–Crippen MR) is 83.3 cm³/mol. The SMILES string of the molecule is Clc1cc(Cl)c(N/N=C2/CCCc3occc32)c(Cl)c1. The molecule has 1 aromatic carbocycles. The monoisotopic (exact) mass is 328 g/mol. The molecule has 0 spiro atoms. The minimum atomic E-state index is 0.440. The summed E-state index contributed by atoms with van der Waals surface area (Å²) < 4.78 is 5.42. The van der Waals surface area contributed by atoms with Gasteiger partial charge in [-0.2, -0.15) is 5.10 Å². The second-order valence-corrected chi connectivity index (χ2v) is 5.78. The standard InChI is InChI=1S/C14H11Cl3N2O/c15-8-6-10(16)14(11(17)7-8)19-18-12-2-1-3-13-9(12)4-5-20-13/h4-7,19H,1-3H2/b18-12-. The minimum absolute atomic E-state index is 0.440. The van der Waals surface area contributed by atoms with Gasteiger partial charge in [-0.25, -0.2) is 0 Å². The summed E-state index contributed by atoms with van der Waals surface area (Å²) in [5, 5.41) is 5.79. The van der Waals surface area contributed by atoms with Gasteiger partial charge in [-0.05, 0) is 31.0 Å². The highest BCUT2D eigenvalue weighted by Crippen LogP contribution is 2.34. The quantitative estimate of drug-likeness (QED) is 0.750. The van der Waals surface area contributed by atoms with E-state index in [4.69, 9.17) is 39.2 Å². The van der Waals surface area contributed by atoms with Crippen LogP contribution < -0.4 is 5.43 Å². The molecule has 20 heavy (non-hydrogen) atoms. The highest BCUT2D eigenvalue weighted by atomic mass is 35.5. The van der Waals surface area contributed by atoms with Crippen LogP contribution in [-0.2, 0) is 6.42 Å². The Morgan fingerprint density at radius 2 is 1.85 bits per heavy atom. The van der Waals surface area contributed by atoms with Crippen LogP contribution in [0.2, 0.25) is 15.1 Å². The summed E-state index contributed by atoms with van der Waals surface area (Å²) in [5.41, 5.74) is 5.48.